The van der Waals surface area contributed by atoms with Gasteiger partial charge in [0.2, 0.25) is 0 Å². The summed E-state index contributed by atoms with van der Waals surface area (Å²) in [4.78, 5) is 12.0. The van der Waals surface area contributed by atoms with Crippen LogP contribution >= 0.6 is 23.2 Å². The number of rotatable bonds is 2. The van der Waals surface area contributed by atoms with Gasteiger partial charge in [0.1, 0.15) is 17.2 Å². The molecule has 0 spiro atoms. The molecule has 0 saturated carbocycles. The molecule has 1 aromatic heterocycles. The molecule has 0 N–H and O–H groups in total. The largest absolute Gasteiger partial charge is 0.422 e. The maximum atomic E-state index is 12.0. The van der Waals surface area contributed by atoms with Gasteiger partial charge < -0.3 is 4.42 Å². The van der Waals surface area contributed by atoms with Gasteiger partial charge in [-0.2, -0.15) is 5.26 Å². The quantitative estimate of drug-likeness (QED) is 0.606. The summed E-state index contributed by atoms with van der Waals surface area (Å²) in [6.45, 7) is 0. The minimum absolute atomic E-state index is 0.0574. The van der Waals surface area contributed by atoms with E-state index in [1.165, 1.54) is 0 Å². The van der Waals surface area contributed by atoms with Crippen molar-refractivity contribution >= 4 is 46.3 Å². The zero-order chi connectivity index (χ0) is 16.4. The van der Waals surface area contributed by atoms with E-state index in [1.54, 1.807) is 42.5 Å². The molecule has 2 aromatic carbocycles. The van der Waals surface area contributed by atoms with Gasteiger partial charge in [-0.05, 0) is 35.9 Å². The fourth-order valence-electron chi connectivity index (χ4n) is 2.27. The molecular weight excluding hydrogens is 333 g/mol. The molecular formula is C18H9Cl2NO2. The van der Waals surface area contributed by atoms with Crippen molar-refractivity contribution in [3.8, 4) is 6.07 Å². The second kappa shape index (κ2) is 6.29. The SMILES string of the molecule is N#Cc1c(/C=C/c2cccc(Cl)c2)c2cc(Cl)ccc2oc1=O. The molecule has 3 rings (SSSR count). The molecule has 0 radical (unpaired) electrons. The van der Waals surface area contributed by atoms with Gasteiger partial charge in [-0.1, -0.05) is 47.5 Å². The summed E-state index contributed by atoms with van der Waals surface area (Å²) < 4.78 is 5.16. The molecule has 0 aliphatic heterocycles. The Morgan fingerprint density at radius 2 is 1.83 bits per heavy atom. The monoisotopic (exact) mass is 341 g/mol. The van der Waals surface area contributed by atoms with Crippen molar-refractivity contribution in [1.29, 1.82) is 5.26 Å². The Morgan fingerprint density at radius 3 is 2.57 bits per heavy atom. The fraction of sp³-hybridized carbons (Fsp3) is 0. The predicted molar refractivity (Wildman–Crippen MR) is 92.6 cm³/mol. The summed E-state index contributed by atoms with van der Waals surface area (Å²) in [6, 6.07) is 14.0. The molecule has 112 valence electrons. The van der Waals surface area contributed by atoms with Crippen molar-refractivity contribution in [2.75, 3.05) is 0 Å². The Bertz CT molecular complexity index is 1030. The second-order valence-corrected chi connectivity index (χ2v) is 5.69. The van der Waals surface area contributed by atoms with Gasteiger partial charge in [0.15, 0.2) is 0 Å². The number of nitriles is 1. The van der Waals surface area contributed by atoms with Crippen LogP contribution in [0, 0.1) is 11.3 Å². The Hall–Kier alpha value is -2.54. The first-order chi connectivity index (χ1) is 11.1. The second-order valence-electron chi connectivity index (χ2n) is 4.82. The lowest BCUT2D eigenvalue weighted by atomic mass is 10.0. The Morgan fingerprint density at radius 1 is 1.04 bits per heavy atom. The van der Waals surface area contributed by atoms with Gasteiger partial charge in [0.25, 0.3) is 0 Å². The van der Waals surface area contributed by atoms with Crippen LogP contribution in [0.2, 0.25) is 10.0 Å². The topological polar surface area (TPSA) is 54.0 Å². The average molecular weight is 342 g/mol. The molecule has 0 atom stereocenters. The van der Waals surface area contributed by atoms with Crippen LogP contribution in [-0.2, 0) is 0 Å². The van der Waals surface area contributed by atoms with Gasteiger partial charge in [0, 0.05) is 21.0 Å². The minimum atomic E-state index is -0.673. The predicted octanol–water partition coefficient (Wildman–Crippen LogP) is 5.14. The number of halogens is 2. The standard InChI is InChI=1S/C18H9Cl2NO2/c19-12-3-1-2-11(8-12)4-6-14-15-9-13(20)5-7-17(15)23-18(22)16(14)10-21/h1-9H/b6-4+. The van der Waals surface area contributed by atoms with E-state index in [9.17, 15) is 10.1 Å². The Kier molecular flexibility index (Phi) is 4.20. The smallest absolute Gasteiger partial charge is 0.354 e. The first kappa shape index (κ1) is 15.4. The van der Waals surface area contributed by atoms with Gasteiger partial charge in [-0.3, -0.25) is 0 Å². The van der Waals surface area contributed by atoms with E-state index in [2.05, 4.69) is 0 Å². The molecule has 0 aliphatic carbocycles. The maximum Gasteiger partial charge on any atom is 0.354 e. The molecule has 0 amide bonds. The summed E-state index contributed by atoms with van der Waals surface area (Å²) in [7, 11) is 0. The highest BCUT2D eigenvalue weighted by molar-refractivity contribution is 6.31. The lowest BCUT2D eigenvalue weighted by Crippen LogP contribution is -2.06. The van der Waals surface area contributed by atoms with Crippen LogP contribution in [0.1, 0.15) is 16.7 Å². The number of hydrogen-bond acceptors (Lipinski definition) is 3. The Balaban J connectivity index is 2.24. The molecule has 3 nitrogen and oxygen atoms in total. The summed E-state index contributed by atoms with van der Waals surface area (Å²) in [6.07, 6.45) is 3.47. The zero-order valence-electron chi connectivity index (χ0n) is 11.7. The van der Waals surface area contributed by atoms with Crippen LogP contribution in [0.3, 0.4) is 0 Å². The maximum absolute atomic E-state index is 12.0. The van der Waals surface area contributed by atoms with Crippen molar-refractivity contribution < 1.29 is 4.42 Å². The van der Waals surface area contributed by atoms with Crippen LogP contribution in [0.25, 0.3) is 23.1 Å². The summed E-state index contributed by atoms with van der Waals surface area (Å²) in [5, 5.41) is 11.0. The van der Waals surface area contributed by atoms with E-state index in [4.69, 9.17) is 27.6 Å². The van der Waals surface area contributed by atoms with Gasteiger partial charge in [0.05, 0.1) is 0 Å². The lowest BCUT2D eigenvalue weighted by molar-refractivity contribution is 0.558. The van der Waals surface area contributed by atoms with Gasteiger partial charge in [-0.25, -0.2) is 4.79 Å². The van der Waals surface area contributed by atoms with Crippen LogP contribution in [-0.4, -0.2) is 0 Å². The van der Waals surface area contributed by atoms with Crippen LogP contribution in [0.4, 0.5) is 0 Å². The number of nitrogens with zero attached hydrogens (tertiary/aromatic N) is 1. The number of hydrogen-bond donors (Lipinski definition) is 0. The van der Waals surface area contributed by atoms with E-state index >= 15 is 0 Å². The molecule has 0 saturated heterocycles. The minimum Gasteiger partial charge on any atom is -0.422 e. The zero-order valence-corrected chi connectivity index (χ0v) is 13.2. The van der Waals surface area contributed by atoms with E-state index in [0.29, 0.717) is 26.6 Å². The highest BCUT2D eigenvalue weighted by atomic mass is 35.5. The fourth-order valence-corrected chi connectivity index (χ4v) is 2.64. The van der Waals surface area contributed by atoms with Crippen molar-refractivity contribution in [2.24, 2.45) is 0 Å². The van der Waals surface area contributed by atoms with E-state index in [0.717, 1.165) is 5.56 Å². The van der Waals surface area contributed by atoms with Gasteiger partial charge >= 0.3 is 5.63 Å². The molecule has 1 heterocycles. The highest BCUT2D eigenvalue weighted by Crippen LogP contribution is 2.25. The van der Waals surface area contributed by atoms with Crippen molar-refractivity contribution in [1.82, 2.24) is 0 Å². The summed E-state index contributed by atoms with van der Waals surface area (Å²) in [5.74, 6) is 0. The molecule has 5 heteroatoms. The molecule has 0 aliphatic rings. The number of fused-ring (bicyclic) bond motifs is 1. The number of benzene rings is 2. The third kappa shape index (κ3) is 3.14. The average Bonchev–Trinajstić information content (AvgIpc) is 2.53. The molecule has 3 aromatic rings. The lowest BCUT2D eigenvalue weighted by Gasteiger charge is -2.04. The normalized spacial score (nSPS) is 11.0. The molecule has 0 bridgehead atoms. The third-order valence-corrected chi connectivity index (χ3v) is 3.78. The van der Waals surface area contributed by atoms with E-state index < -0.39 is 5.63 Å². The van der Waals surface area contributed by atoms with Crippen LogP contribution in [0.15, 0.2) is 51.7 Å². The molecule has 0 unspecified atom stereocenters. The van der Waals surface area contributed by atoms with E-state index in [1.807, 2.05) is 18.2 Å². The van der Waals surface area contributed by atoms with E-state index in [-0.39, 0.29) is 5.56 Å². The van der Waals surface area contributed by atoms with Crippen molar-refractivity contribution in [3.63, 3.8) is 0 Å². The van der Waals surface area contributed by atoms with Crippen LogP contribution < -0.4 is 5.63 Å². The van der Waals surface area contributed by atoms with Crippen LogP contribution in [0.5, 0.6) is 0 Å². The van der Waals surface area contributed by atoms with Crippen molar-refractivity contribution in [2.45, 2.75) is 0 Å². The Labute approximate surface area is 142 Å². The van der Waals surface area contributed by atoms with Gasteiger partial charge in [-0.15, -0.1) is 0 Å². The molecule has 23 heavy (non-hydrogen) atoms. The summed E-state index contributed by atoms with van der Waals surface area (Å²) >= 11 is 12.0. The first-order valence-electron chi connectivity index (χ1n) is 6.68. The third-order valence-electron chi connectivity index (χ3n) is 3.31. The first-order valence-corrected chi connectivity index (χ1v) is 7.44. The molecule has 0 fully saturated rings. The van der Waals surface area contributed by atoms with Crippen molar-refractivity contribution in [3.05, 3.63) is 79.6 Å². The summed E-state index contributed by atoms with van der Waals surface area (Å²) in [5.41, 5.74) is 0.973. The highest BCUT2D eigenvalue weighted by Gasteiger charge is 2.12.